The van der Waals surface area contributed by atoms with E-state index in [2.05, 4.69) is 25.6 Å². The Morgan fingerprint density at radius 1 is 0.900 bits per heavy atom. The Labute approximate surface area is 175 Å². The fourth-order valence-corrected chi connectivity index (χ4v) is 2.90. The van der Waals surface area contributed by atoms with Gasteiger partial charge in [-0.05, 0) is 36.8 Å². The number of anilines is 2. The Kier molecular flexibility index (Phi) is 5.75. The van der Waals surface area contributed by atoms with E-state index in [1.807, 2.05) is 73.7 Å². The molecule has 0 spiro atoms. The molecule has 0 saturated carbocycles. The first-order chi connectivity index (χ1) is 14.7. The van der Waals surface area contributed by atoms with Gasteiger partial charge in [-0.1, -0.05) is 48.0 Å². The molecule has 2 heterocycles. The van der Waals surface area contributed by atoms with Crippen molar-refractivity contribution >= 4 is 17.4 Å². The summed E-state index contributed by atoms with van der Waals surface area (Å²) in [6.45, 7) is 2.43. The van der Waals surface area contributed by atoms with Gasteiger partial charge in [-0.3, -0.25) is 9.78 Å². The van der Waals surface area contributed by atoms with Crippen molar-refractivity contribution in [2.45, 2.75) is 13.5 Å². The van der Waals surface area contributed by atoms with Gasteiger partial charge in [-0.15, -0.1) is 0 Å². The molecule has 0 bridgehead atoms. The van der Waals surface area contributed by atoms with E-state index < -0.39 is 0 Å². The molecule has 1 amide bonds. The molecule has 0 aliphatic rings. The number of carbonyl (C=O) groups is 1. The lowest BCUT2D eigenvalue weighted by Gasteiger charge is -2.11. The summed E-state index contributed by atoms with van der Waals surface area (Å²) >= 11 is 0. The minimum atomic E-state index is -0.265. The van der Waals surface area contributed by atoms with Crippen molar-refractivity contribution in [2.75, 3.05) is 5.32 Å². The van der Waals surface area contributed by atoms with Gasteiger partial charge in [0, 0.05) is 36.3 Å². The second-order valence-corrected chi connectivity index (χ2v) is 6.86. The predicted molar refractivity (Wildman–Crippen MR) is 117 cm³/mol. The van der Waals surface area contributed by atoms with Crippen LogP contribution in [0.1, 0.15) is 21.6 Å². The summed E-state index contributed by atoms with van der Waals surface area (Å²) in [7, 11) is 0. The Morgan fingerprint density at radius 2 is 1.63 bits per heavy atom. The van der Waals surface area contributed by atoms with Crippen LogP contribution in [0.5, 0.6) is 0 Å². The van der Waals surface area contributed by atoms with Gasteiger partial charge in [0.05, 0.1) is 0 Å². The van der Waals surface area contributed by atoms with E-state index >= 15 is 0 Å². The van der Waals surface area contributed by atoms with Crippen molar-refractivity contribution in [2.24, 2.45) is 0 Å². The second-order valence-electron chi connectivity index (χ2n) is 6.86. The minimum Gasteiger partial charge on any atom is -0.347 e. The van der Waals surface area contributed by atoms with Crippen LogP contribution in [0.4, 0.5) is 11.5 Å². The highest BCUT2D eigenvalue weighted by Gasteiger charge is 2.13. The lowest BCUT2D eigenvalue weighted by molar-refractivity contribution is 0.0946. The number of pyridine rings is 1. The quantitative estimate of drug-likeness (QED) is 0.502. The number of hydrogen-bond donors (Lipinski definition) is 2. The third-order valence-electron chi connectivity index (χ3n) is 4.52. The number of rotatable bonds is 6. The maximum atomic E-state index is 12.8. The van der Waals surface area contributed by atoms with E-state index in [9.17, 15) is 4.79 Å². The Hall–Kier alpha value is -4.06. The van der Waals surface area contributed by atoms with Gasteiger partial charge in [-0.25, -0.2) is 9.97 Å². The molecule has 0 radical (unpaired) electrons. The van der Waals surface area contributed by atoms with Crippen molar-refractivity contribution in [3.8, 4) is 11.4 Å². The van der Waals surface area contributed by atoms with E-state index in [0.717, 1.165) is 16.8 Å². The molecule has 0 aliphatic heterocycles. The third-order valence-corrected chi connectivity index (χ3v) is 4.52. The van der Waals surface area contributed by atoms with Crippen LogP contribution in [0.15, 0.2) is 85.2 Å². The van der Waals surface area contributed by atoms with Crippen LogP contribution in [-0.2, 0) is 6.54 Å². The highest BCUT2D eigenvalue weighted by Crippen LogP contribution is 2.21. The van der Waals surface area contributed by atoms with Crippen LogP contribution in [0, 0.1) is 6.92 Å². The summed E-state index contributed by atoms with van der Waals surface area (Å²) < 4.78 is 0. The van der Waals surface area contributed by atoms with Gasteiger partial charge in [0.2, 0.25) is 0 Å². The van der Waals surface area contributed by atoms with Gasteiger partial charge >= 0.3 is 0 Å². The highest BCUT2D eigenvalue weighted by atomic mass is 16.1. The molecule has 0 fully saturated rings. The number of nitrogens with zero attached hydrogens (tertiary/aromatic N) is 3. The largest absolute Gasteiger partial charge is 0.347 e. The average molecular weight is 395 g/mol. The molecule has 0 saturated heterocycles. The molecule has 6 nitrogen and oxygen atoms in total. The molecule has 2 aromatic heterocycles. The summed E-state index contributed by atoms with van der Waals surface area (Å²) in [6.07, 6.45) is 3.40. The van der Waals surface area contributed by atoms with Crippen LogP contribution < -0.4 is 10.6 Å². The molecule has 2 aromatic carbocycles. The van der Waals surface area contributed by atoms with Gasteiger partial charge in [0.15, 0.2) is 5.82 Å². The zero-order valence-electron chi connectivity index (χ0n) is 16.5. The number of amides is 1. The van der Waals surface area contributed by atoms with Gasteiger partial charge in [0.1, 0.15) is 11.5 Å². The monoisotopic (exact) mass is 395 g/mol. The van der Waals surface area contributed by atoms with Crippen molar-refractivity contribution in [1.82, 2.24) is 20.3 Å². The average Bonchev–Trinajstić information content (AvgIpc) is 2.80. The third kappa shape index (κ3) is 4.86. The normalized spacial score (nSPS) is 10.4. The maximum absolute atomic E-state index is 12.8. The first-order valence-electron chi connectivity index (χ1n) is 9.63. The predicted octanol–water partition coefficient (Wildman–Crippen LogP) is 4.52. The lowest BCUT2D eigenvalue weighted by Crippen LogP contribution is -2.24. The number of nitrogens with one attached hydrogen (secondary N) is 2. The Balaban J connectivity index is 1.62. The lowest BCUT2D eigenvalue weighted by atomic mass is 10.2. The number of benzene rings is 2. The topological polar surface area (TPSA) is 79.8 Å². The Bertz CT molecular complexity index is 1130. The van der Waals surface area contributed by atoms with Crippen molar-refractivity contribution in [1.29, 1.82) is 0 Å². The summed E-state index contributed by atoms with van der Waals surface area (Å²) in [5.41, 5.74) is 4.17. The van der Waals surface area contributed by atoms with Crippen LogP contribution in [0.25, 0.3) is 11.4 Å². The zero-order chi connectivity index (χ0) is 20.8. The molecule has 4 rings (SSSR count). The molecular formula is C24H21N5O. The summed E-state index contributed by atoms with van der Waals surface area (Å²) in [6, 6.07) is 23.0. The first-order valence-corrected chi connectivity index (χ1v) is 9.63. The van der Waals surface area contributed by atoms with Crippen LogP contribution in [0.3, 0.4) is 0 Å². The van der Waals surface area contributed by atoms with Crippen molar-refractivity contribution in [3.05, 3.63) is 102 Å². The highest BCUT2D eigenvalue weighted by molar-refractivity contribution is 5.93. The first kappa shape index (κ1) is 19.3. The molecule has 4 aromatic rings. The number of aryl methyl sites for hydroxylation is 1. The smallest absolute Gasteiger partial charge is 0.270 e. The molecule has 148 valence electrons. The fraction of sp³-hybridized carbons (Fsp3) is 0.0833. The molecule has 6 heteroatoms. The zero-order valence-corrected chi connectivity index (χ0v) is 16.5. The molecule has 0 aliphatic carbocycles. The second kappa shape index (κ2) is 8.96. The SMILES string of the molecule is Cc1ccc(Nc2cc(C(=O)NCc3ccncc3)nc(-c3ccccc3)n2)cc1. The Morgan fingerprint density at radius 3 is 2.37 bits per heavy atom. The summed E-state index contributed by atoms with van der Waals surface area (Å²) in [5.74, 6) is 0.780. The van der Waals surface area contributed by atoms with E-state index in [1.165, 1.54) is 5.56 Å². The molecule has 0 atom stereocenters. The van der Waals surface area contributed by atoms with E-state index in [4.69, 9.17) is 0 Å². The van der Waals surface area contributed by atoms with Crippen molar-refractivity contribution in [3.63, 3.8) is 0 Å². The number of carbonyl (C=O) groups excluding carboxylic acids is 1. The van der Waals surface area contributed by atoms with E-state index in [0.29, 0.717) is 23.9 Å². The summed E-state index contributed by atoms with van der Waals surface area (Å²) in [5, 5.41) is 6.18. The minimum absolute atomic E-state index is 0.265. The van der Waals surface area contributed by atoms with Crippen LogP contribution in [0.2, 0.25) is 0 Å². The number of aromatic nitrogens is 3. The maximum Gasteiger partial charge on any atom is 0.270 e. The molecular weight excluding hydrogens is 374 g/mol. The van der Waals surface area contributed by atoms with Crippen LogP contribution in [-0.4, -0.2) is 20.9 Å². The molecule has 2 N–H and O–H groups in total. The van der Waals surface area contributed by atoms with Gasteiger partial charge in [0.25, 0.3) is 5.91 Å². The number of hydrogen-bond acceptors (Lipinski definition) is 5. The van der Waals surface area contributed by atoms with E-state index in [-0.39, 0.29) is 5.91 Å². The van der Waals surface area contributed by atoms with Crippen molar-refractivity contribution < 1.29 is 4.79 Å². The summed E-state index contributed by atoms with van der Waals surface area (Å²) in [4.78, 5) is 25.9. The van der Waals surface area contributed by atoms with Gasteiger partial charge in [-0.2, -0.15) is 0 Å². The van der Waals surface area contributed by atoms with Gasteiger partial charge < -0.3 is 10.6 Å². The van der Waals surface area contributed by atoms with Crippen LogP contribution >= 0.6 is 0 Å². The molecule has 30 heavy (non-hydrogen) atoms. The fourth-order valence-electron chi connectivity index (χ4n) is 2.90. The molecule has 0 unspecified atom stereocenters. The van der Waals surface area contributed by atoms with E-state index in [1.54, 1.807) is 18.5 Å². The standard InChI is InChI=1S/C24H21N5O/c1-17-7-9-20(10-8-17)27-22-15-21(24(30)26-16-18-11-13-25-14-12-18)28-23(29-22)19-5-3-2-4-6-19/h2-15H,16H2,1H3,(H,26,30)(H,27,28,29).